The van der Waals surface area contributed by atoms with E-state index in [1.54, 1.807) is 11.2 Å². The molecule has 1 rings (SSSR count). The fraction of sp³-hybridized carbons (Fsp3) is 1.00. The van der Waals surface area contributed by atoms with Gasteiger partial charge in [-0.25, -0.2) is 8.42 Å². The van der Waals surface area contributed by atoms with Crippen LogP contribution >= 0.6 is 0 Å². The predicted octanol–water partition coefficient (Wildman–Crippen LogP) is 0.408. The highest BCUT2D eigenvalue weighted by molar-refractivity contribution is 7.89. The quantitative estimate of drug-likeness (QED) is 0.643. The van der Waals surface area contributed by atoms with Crippen LogP contribution in [0, 0.1) is 0 Å². The number of hydrogen-bond acceptors (Lipinski definition) is 3. The minimum Gasteiger partial charge on any atom is -0.314 e. The van der Waals surface area contributed by atoms with Crippen molar-refractivity contribution in [3.63, 3.8) is 0 Å². The maximum atomic E-state index is 12.1. The maximum Gasteiger partial charge on any atom is 0.218 e. The Morgan fingerprint density at radius 2 is 1.93 bits per heavy atom. The van der Waals surface area contributed by atoms with E-state index in [1.165, 1.54) is 0 Å². The van der Waals surface area contributed by atoms with Crippen molar-refractivity contribution >= 4 is 10.0 Å². The maximum absolute atomic E-state index is 12.1. The Bertz CT molecular complexity index is 292. The number of nitrogens with one attached hydrogen (secondary N) is 1. The molecule has 4 nitrogen and oxygen atoms in total. The van der Waals surface area contributed by atoms with Crippen molar-refractivity contribution in [3.8, 4) is 0 Å². The molecule has 1 heterocycles. The Labute approximate surface area is 86.7 Å². The minimum atomic E-state index is -3.13. The Morgan fingerprint density at radius 1 is 1.36 bits per heavy atom. The summed E-state index contributed by atoms with van der Waals surface area (Å²) in [5.74, 6) is 0. The largest absolute Gasteiger partial charge is 0.314 e. The van der Waals surface area contributed by atoms with E-state index < -0.39 is 10.0 Å². The third-order valence-electron chi connectivity index (χ3n) is 2.49. The molecule has 0 amide bonds. The first-order valence-corrected chi connectivity index (χ1v) is 6.49. The summed E-state index contributed by atoms with van der Waals surface area (Å²) >= 11 is 0. The van der Waals surface area contributed by atoms with Crippen molar-refractivity contribution in [2.45, 2.75) is 38.5 Å². The van der Waals surface area contributed by atoms with Crippen LogP contribution < -0.4 is 5.32 Å². The summed E-state index contributed by atoms with van der Waals surface area (Å²) in [6.07, 6.45) is 0. The van der Waals surface area contributed by atoms with Gasteiger partial charge >= 0.3 is 0 Å². The monoisotopic (exact) mass is 220 g/mol. The fourth-order valence-electron chi connectivity index (χ4n) is 1.65. The first-order valence-electron chi connectivity index (χ1n) is 4.98. The number of hydrogen-bond donors (Lipinski definition) is 1. The van der Waals surface area contributed by atoms with Crippen molar-refractivity contribution in [1.82, 2.24) is 9.62 Å². The van der Waals surface area contributed by atoms with E-state index in [2.05, 4.69) is 5.32 Å². The van der Waals surface area contributed by atoms with Gasteiger partial charge in [0.15, 0.2) is 0 Å². The van der Waals surface area contributed by atoms with Crippen LogP contribution in [0.4, 0.5) is 0 Å². The first kappa shape index (κ1) is 11.9. The van der Waals surface area contributed by atoms with Gasteiger partial charge in [0.2, 0.25) is 10.0 Å². The molecule has 1 unspecified atom stereocenters. The van der Waals surface area contributed by atoms with Crippen LogP contribution in [0.5, 0.6) is 0 Å². The van der Waals surface area contributed by atoms with Gasteiger partial charge in [0, 0.05) is 25.2 Å². The molecule has 0 spiro atoms. The van der Waals surface area contributed by atoms with Gasteiger partial charge in [-0.3, -0.25) is 0 Å². The highest BCUT2D eigenvalue weighted by Gasteiger charge is 2.37. The highest BCUT2D eigenvalue weighted by Crippen LogP contribution is 2.21. The molecule has 1 saturated heterocycles. The van der Waals surface area contributed by atoms with Gasteiger partial charge in [-0.1, -0.05) is 0 Å². The molecule has 1 fully saturated rings. The van der Waals surface area contributed by atoms with Gasteiger partial charge in [0.05, 0.1) is 5.25 Å². The summed E-state index contributed by atoms with van der Waals surface area (Å²) in [5.41, 5.74) is -0.320. The molecule has 84 valence electrons. The van der Waals surface area contributed by atoms with Crippen molar-refractivity contribution in [1.29, 1.82) is 0 Å². The topological polar surface area (TPSA) is 49.4 Å². The van der Waals surface area contributed by atoms with E-state index in [4.69, 9.17) is 0 Å². The van der Waals surface area contributed by atoms with Crippen LogP contribution in [0.1, 0.15) is 27.7 Å². The lowest BCUT2D eigenvalue weighted by Gasteiger charge is -2.34. The minimum absolute atomic E-state index is 0.320. The highest BCUT2D eigenvalue weighted by atomic mass is 32.2. The molecule has 1 N–H and O–H groups in total. The molecular formula is C9H20N2O2S. The van der Waals surface area contributed by atoms with Crippen molar-refractivity contribution in [2.24, 2.45) is 0 Å². The van der Waals surface area contributed by atoms with Gasteiger partial charge in [-0.2, -0.15) is 4.31 Å². The predicted molar refractivity (Wildman–Crippen MR) is 57.7 cm³/mol. The Morgan fingerprint density at radius 3 is 2.43 bits per heavy atom. The van der Waals surface area contributed by atoms with E-state index in [-0.39, 0.29) is 10.8 Å². The van der Waals surface area contributed by atoms with Gasteiger partial charge < -0.3 is 5.32 Å². The molecule has 0 aliphatic carbocycles. The second-order valence-electron chi connectivity index (χ2n) is 4.80. The summed E-state index contributed by atoms with van der Waals surface area (Å²) in [6, 6.07) is 0. The second kappa shape index (κ2) is 3.79. The molecule has 5 heteroatoms. The third kappa shape index (κ3) is 2.27. The van der Waals surface area contributed by atoms with Gasteiger partial charge in [-0.15, -0.1) is 0 Å². The molecule has 0 aromatic rings. The van der Waals surface area contributed by atoms with Gasteiger partial charge in [-0.05, 0) is 27.7 Å². The molecule has 0 aromatic heterocycles. The average Bonchev–Trinajstić information content (AvgIpc) is 2.11. The Hall–Kier alpha value is -0.130. The zero-order chi connectivity index (χ0) is 11.0. The van der Waals surface area contributed by atoms with E-state index in [9.17, 15) is 8.42 Å². The van der Waals surface area contributed by atoms with E-state index >= 15 is 0 Å². The third-order valence-corrected chi connectivity index (χ3v) is 5.02. The lowest BCUT2D eigenvalue weighted by atomic mass is 10.1. The molecular weight excluding hydrogens is 200 g/mol. The number of nitrogens with zero attached hydrogens (tertiary/aromatic N) is 1. The molecule has 1 aliphatic heterocycles. The lowest BCUT2D eigenvalue weighted by Crippen LogP contribution is -2.48. The summed E-state index contributed by atoms with van der Waals surface area (Å²) in [5, 5.41) is 2.80. The van der Waals surface area contributed by atoms with Gasteiger partial charge in [0.25, 0.3) is 0 Å². The van der Waals surface area contributed by atoms with E-state index in [1.807, 2.05) is 20.8 Å². The van der Waals surface area contributed by atoms with Gasteiger partial charge in [0.1, 0.15) is 0 Å². The molecule has 1 aliphatic rings. The van der Waals surface area contributed by atoms with Crippen molar-refractivity contribution in [2.75, 3.05) is 19.6 Å². The van der Waals surface area contributed by atoms with E-state index in [0.29, 0.717) is 13.1 Å². The summed E-state index contributed by atoms with van der Waals surface area (Å²) in [6.45, 7) is 9.41. The lowest BCUT2D eigenvalue weighted by molar-refractivity contribution is 0.254. The van der Waals surface area contributed by atoms with Crippen LogP contribution in [-0.2, 0) is 10.0 Å². The molecule has 1 atom stereocenters. The number of sulfonamides is 1. The Balaban J connectivity index is 3.03. The molecule has 0 saturated carbocycles. The molecule has 14 heavy (non-hydrogen) atoms. The molecule has 0 aromatic carbocycles. The normalized spacial score (nSPS) is 29.9. The van der Waals surface area contributed by atoms with Crippen LogP contribution in [0.3, 0.4) is 0 Å². The average molecular weight is 220 g/mol. The summed E-state index contributed by atoms with van der Waals surface area (Å²) in [7, 11) is -3.13. The second-order valence-corrected chi connectivity index (χ2v) is 7.08. The smallest absolute Gasteiger partial charge is 0.218 e. The first-order chi connectivity index (χ1) is 6.26. The molecule has 0 bridgehead atoms. The van der Waals surface area contributed by atoms with Crippen LogP contribution in [0.2, 0.25) is 0 Å². The van der Waals surface area contributed by atoms with Crippen LogP contribution in [-0.4, -0.2) is 43.1 Å². The fourth-order valence-corrected chi connectivity index (χ4v) is 3.52. The summed E-state index contributed by atoms with van der Waals surface area (Å²) in [4.78, 5) is 0. The SMILES string of the molecule is CC1CNCCN(C(C)(C)C)S1(=O)=O. The number of rotatable bonds is 0. The van der Waals surface area contributed by atoms with E-state index in [0.717, 1.165) is 6.54 Å². The zero-order valence-corrected chi connectivity index (χ0v) is 10.2. The Kier molecular flexibility index (Phi) is 3.23. The van der Waals surface area contributed by atoms with Crippen LogP contribution in [0.25, 0.3) is 0 Å². The molecule has 0 radical (unpaired) electrons. The zero-order valence-electron chi connectivity index (χ0n) is 9.37. The van der Waals surface area contributed by atoms with Crippen molar-refractivity contribution in [3.05, 3.63) is 0 Å². The standard InChI is InChI=1S/C9H20N2O2S/c1-8-7-10-5-6-11(9(2,3)4)14(8,12)13/h8,10H,5-7H2,1-4H3. The summed E-state index contributed by atoms with van der Waals surface area (Å²) < 4.78 is 25.7. The van der Waals surface area contributed by atoms with Crippen molar-refractivity contribution < 1.29 is 8.42 Å². The van der Waals surface area contributed by atoms with Crippen LogP contribution in [0.15, 0.2) is 0 Å².